The fourth-order valence-corrected chi connectivity index (χ4v) is 2.75. The Hall–Kier alpha value is -2.40. The zero-order valence-electron chi connectivity index (χ0n) is 12.3. The van der Waals surface area contributed by atoms with E-state index in [9.17, 15) is 0 Å². The highest BCUT2D eigenvalue weighted by atomic mass is 32.1. The number of aromatic nitrogens is 2. The van der Waals surface area contributed by atoms with Crippen molar-refractivity contribution in [1.82, 2.24) is 9.36 Å². The third-order valence-corrected chi connectivity index (χ3v) is 3.95. The Morgan fingerprint density at radius 1 is 1.09 bits per heavy atom. The zero-order chi connectivity index (χ0) is 15.2. The Balaban J connectivity index is 1.57. The molecule has 1 aromatic heterocycles. The Bertz CT molecular complexity index is 728. The van der Waals surface area contributed by atoms with Crippen LogP contribution in [0.2, 0.25) is 0 Å². The van der Waals surface area contributed by atoms with Crippen LogP contribution in [0.25, 0.3) is 11.4 Å². The molecule has 2 aromatic carbocycles. The molecule has 0 saturated carbocycles. The van der Waals surface area contributed by atoms with E-state index < -0.39 is 0 Å². The molecule has 0 atom stereocenters. The van der Waals surface area contributed by atoms with Crippen LogP contribution in [0, 0.1) is 0 Å². The first-order chi connectivity index (χ1) is 10.8. The summed E-state index contributed by atoms with van der Waals surface area (Å²) in [6.45, 7) is 0.816. The predicted molar refractivity (Wildman–Crippen MR) is 90.5 cm³/mol. The van der Waals surface area contributed by atoms with Gasteiger partial charge in [-0.3, -0.25) is 0 Å². The van der Waals surface area contributed by atoms with Gasteiger partial charge in [0.05, 0.1) is 7.11 Å². The molecule has 112 valence electrons. The molecule has 0 aliphatic heterocycles. The highest BCUT2D eigenvalue weighted by Crippen LogP contribution is 2.20. The topological polar surface area (TPSA) is 47.0 Å². The number of benzene rings is 2. The van der Waals surface area contributed by atoms with E-state index in [0.717, 1.165) is 35.2 Å². The van der Waals surface area contributed by atoms with Gasteiger partial charge in [-0.2, -0.15) is 9.36 Å². The monoisotopic (exact) mass is 311 g/mol. The van der Waals surface area contributed by atoms with E-state index in [0.29, 0.717) is 0 Å². The second kappa shape index (κ2) is 7.04. The lowest BCUT2D eigenvalue weighted by Crippen LogP contribution is -2.04. The maximum atomic E-state index is 5.23. The molecule has 0 unspecified atom stereocenters. The maximum Gasteiger partial charge on any atom is 0.202 e. The summed E-state index contributed by atoms with van der Waals surface area (Å²) in [7, 11) is 1.68. The number of nitrogens with zero attached hydrogens (tertiary/aromatic N) is 2. The van der Waals surface area contributed by atoms with Gasteiger partial charge in [0.25, 0.3) is 0 Å². The van der Waals surface area contributed by atoms with Crippen LogP contribution in [-0.4, -0.2) is 23.0 Å². The third-order valence-electron chi connectivity index (χ3n) is 3.28. The normalized spacial score (nSPS) is 10.4. The standard InChI is InChI=1S/C17H17N3OS/c1-21-15-9-5-6-13(12-15)10-11-18-17-19-16(20-22-17)14-7-3-2-4-8-14/h2-9,12H,10-11H2,1H3,(H,18,19,20). The van der Waals surface area contributed by atoms with E-state index in [-0.39, 0.29) is 0 Å². The average Bonchev–Trinajstić information content (AvgIpc) is 3.05. The summed E-state index contributed by atoms with van der Waals surface area (Å²) in [5, 5.41) is 4.17. The summed E-state index contributed by atoms with van der Waals surface area (Å²) in [4.78, 5) is 4.52. The number of nitrogens with one attached hydrogen (secondary N) is 1. The van der Waals surface area contributed by atoms with Crippen LogP contribution in [0.1, 0.15) is 5.56 Å². The van der Waals surface area contributed by atoms with Crippen LogP contribution in [0.3, 0.4) is 0 Å². The molecule has 0 aliphatic carbocycles. The Morgan fingerprint density at radius 2 is 1.95 bits per heavy atom. The molecule has 0 spiro atoms. The second-order valence-electron chi connectivity index (χ2n) is 4.82. The minimum atomic E-state index is 0.773. The lowest BCUT2D eigenvalue weighted by Gasteiger charge is -2.05. The van der Waals surface area contributed by atoms with E-state index in [1.54, 1.807) is 7.11 Å². The first kappa shape index (κ1) is 14.5. The first-order valence-electron chi connectivity index (χ1n) is 7.11. The van der Waals surface area contributed by atoms with Crippen molar-refractivity contribution in [3.63, 3.8) is 0 Å². The van der Waals surface area contributed by atoms with Gasteiger partial charge in [0.2, 0.25) is 5.13 Å². The van der Waals surface area contributed by atoms with Crippen molar-refractivity contribution >= 4 is 16.7 Å². The molecule has 0 saturated heterocycles. The predicted octanol–water partition coefficient (Wildman–Crippen LogP) is 3.87. The van der Waals surface area contributed by atoms with Crippen LogP contribution in [-0.2, 0) is 6.42 Å². The van der Waals surface area contributed by atoms with Crippen molar-refractivity contribution in [2.45, 2.75) is 6.42 Å². The van der Waals surface area contributed by atoms with Crippen LogP contribution in [0.5, 0.6) is 5.75 Å². The minimum Gasteiger partial charge on any atom is -0.497 e. The van der Waals surface area contributed by atoms with Crippen molar-refractivity contribution in [2.24, 2.45) is 0 Å². The zero-order valence-corrected chi connectivity index (χ0v) is 13.1. The van der Waals surface area contributed by atoms with Gasteiger partial charge in [-0.1, -0.05) is 42.5 Å². The maximum absolute atomic E-state index is 5.23. The van der Waals surface area contributed by atoms with E-state index >= 15 is 0 Å². The first-order valence-corrected chi connectivity index (χ1v) is 7.88. The van der Waals surface area contributed by atoms with Gasteiger partial charge in [-0.05, 0) is 24.1 Å². The van der Waals surface area contributed by atoms with Crippen LogP contribution in [0.15, 0.2) is 54.6 Å². The Morgan fingerprint density at radius 3 is 2.77 bits per heavy atom. The van der Waals surface area contributed by atoms with Gasteiger partial charge in [-0.25, -0.2) is 0 Å². The van der Waals surface area contributed by atoms with Crippen molar-refractivity contribution in [3.05, 3.63) is 60.2 Å². The average molecular weight is 311 g/mol. The van der Waals surface area contributed by atoms with E-state index in [1.165, 1.54) is 17.1 Å². The molecule has 3 rings (SSSR count). The largest absolute Gasteiger partial charge is 0.497 e. The smallest absolute Gasteiger partial charge is 0.202 e. The van der Waals surface area contributed by atoms with E-state index in [1.807, 2.05) is 42.5 Å². The third kappa shape index (κ3) is 3.62. The van der Waals surface area contributed by atoms with Gasteiger partial charge in [0.1, 0.15) is 5.75 Å². The lowest BCUT2D eigenvalue weighted by molar-refractivity contribution is 0.414. The number of anilines is 1. The van der Waals surface area contributed by atoms with Gasteiger partial charge in [-0.15, -0.1) is 0 Å². The highest BCUT2D eigenvalue weighted by Gasteiger charge is 2.05. The Kier molecular flexibility index (Phi) is 4.65. The molecular formula is C17H17N3OS. The molecule has 0 fully saturated rings. The summed E-state index contributed by atoms with van der Waals surface area (Å²) in [5.74, 6) is 1.66. The number of hydrogen-bond acceptors (Lipinski definition) is 5. The van der Waals surface area contributed by atoms with Crippen molar-refractivity contribution < 1.29 is 4.74 Å². The van der Waals surface area contributed by atoms with Gasteiger partial charge in [0.15, 0.2) is 5.82 Å². The van der Waals surface area contributed by atoms with Gasteiger partial charge in [0, 0.05) is 23.6 Å². The molecule has 1 heterocycles. The fraction of sp³-hybridized carbons (Fsp3) is 0.176. The Labute approximate surface area is 134 Å². The highest BCUT2D eigenvalue weighted by molar-refractivity contribution is 7.09. The number of ether oxygens (including phenoxy) is 1. The molecule has 0 amide bonds. The molecule has 0 bridgehead atoms. The van der Waals surface area contributed by atoms with E-state index in [4.69, 9.17) is 4.74 Å². The second-order valence-corrected chi connectivity index (χ2v) is 5.57. The van der Waals surface area contributed by atoms with E-state index in [2.05, 4.69) is 26.8 Å². The van der Waals surface area contributed by atoms with Gasteiger partial charge < -0.3 is 10.1 Å². The van der Waals surface area contributed by atoms with Crippen LogP contribution in [0.4, 0.5) is 5.13 Å². The summed E-state index contributed by atoms with van der Waals surface area (Å²) in [5.41, 5.74) is 2.28. The van der Waals surface area contributed by atoms with Crippen LogP contribution < -0.4 is 10.1 Å². The summed E-state index contributed by atoms with van der Waals surface area (Å²) < 4.78 is 9.62. The molecule has 0 radical (unpaired) electrons. The molecule has 5 heteroatoms. The molecule has 22 heavy (non-hydrogen) atoms. The van der Waals surface area contributed by atoms with Crippen LogP contribution >= 0.6 is 11.5 Å². The molecule has 0 aliphatic rings. The SMILES string of the molecule is COc1cccc(CCNc2nc(-c3ccccc3)ns2)c1. The summed E-state index contributed by atoms with van der Waals surface area (Å²) in [6.07, 6.45) is 0.914. The molecule has 1 N–H and O–H groups in total. The van der Waals surface area contributed by atoms with Crippen molar-refractivity contribution in [2.75, 3.05) is 19.0 Å². The summed E-state index contributed by atoms with van der Waals surface area (Å²) >= 11 is 1.39. The molecular weight excluding hydrogens is 294 g/mol. The number of hydrogen-bond donors (Lipinski definition) is 1. The van der Waals surface area contributed by atoms with Crippen molar-refractivity contribution in [1.29, 1.82) is 0 Å². The number of methoxy groups -OCH3 is 1. The van der Waals surface area contributed by atoms with Gasteiger partial charge >= 0.3 is 0 Å². The lowest BCUT2D eigenvalue weighted by atomic mass is 10.1. The number of rotatable bonds is 6. The summed E-state index contributed by atoms with van der Waals surface area (Å²) in [6, 6.07) is 18.1. The van der Waals surface area contributed by atoms with Crippen molar-refractivity contribution in [3.8, 4) is 17.1 Å². The molecule has 3 aromatic rings. The quantitative estimate of drug-likeness (QED) is 0.751. The fourth-order valence-electron chi connectivity index (χ4n) is 2.14. The minimum absolute atomic E-state index is 0.773. The molecule has 4 nitrogen and oxygen atoms in total.